The van der Waals surface area contributed by atoms with Crippen molar-refractivity contribution in [3.8, 4) is 0 Å². The van der Waals surface area contributed by atoms with Crippen molar-refractivity contribution in [3.63, 3.8) is 0 Å². The van der Waals surface area contributed by atoms with Crippen molar-refractivity contribution in [2.24, 2.45) is 0 Å². The lowest BCUT2D eigenvalue weighted by molar-refractivity contribution is -0.137. The molecular formula is C23H44N2O7. The molecular weight excluding hydrogens is 416 g/mol. The van der Waals surface area contributed by atoms with Crippen LogP contribution in [0.1, 0.15) is 46.5 Å². The Kier molecular flexibility index (Phi) is 27.8. The van der Waals surface area contributed by atoms with Gasteiger partial charge in [-0.25, -0.2) is 0 Å². The molecule has 0 atom stereocenters. The molecule has 32 heavy (non-hydrogen) atoms. The van der Waals surface area contributed by atoms with Crippen LogP contribution in [0.3, 0.4) is 0 Å². The van der Waals surface area contributed by atoms with Gasteiger partial charge in [0.15, 0.2) is 0 Å². The summed E-state index contributed by atoms with van der Waals surface area (Å²) in [5.41, 5.74) is 0. The van der Waals surface area contributed by atoms with Crippen LogP contribution in [0.25, 0.3) is 0 Å². The second-order valence-corrected chi connectivity index (χ2v) is 6.38. The second kappa shape index (κ2) is 27.4. The lowest BCUT2D eigenvalue weighted by atomic mass is 10.2. The molecule has 0 fully saturated rings. The number of nitrogens with one attached hydrogen (secondary N) is 1. The van der Waals surface area contributed by atoms with Crippen molar-refractivity contribution in [3.05, 3.63) is 12.2 Å². The number of unbranched alkanes of at least 4 members (excludes halogenated alkanes) is 2. The fourth-order valence-electron chi connectivity index (χ4n) is 2.25. The summed E-state index contributed by atoms with van der Waals surface area (Å²) in [6.07, 6.45) is 7.72. The van der Waals surface area contributed by atoms with Crippen molar-refractivity contribution in [2.45, 2.75) is 46.5 Å². The molecule has 0 aliphatic carbocycles. The van der Waals surface area contributed by atoms with E-state index in [4.69, 9.17) is 18.9 Å². The van der Waals surface area contributed by atoms with E-state index >= 15 is 0 Å². The van der Waals surface area contributed by atoms with Gasteiger partial charge in [0.05, 0.1) is 59.4 Å². The maximum Gasteiger partial charge on any atom is 0.253 e. The summed E-state index contributed by atoms with van der Waals surface area (Å²) >= 11 is 0. The molecule has 0 unspecified atom stereocenters. The van der Waals surface area contributed by atoms with Crippen LogP contribution in [0.4, 0.5) is 0 Å². The smallest absolute Gasteiger partial charge is 0.253 e. The zero-order valence-electron chi connectivity index (χ0n) is 20.4. The first-order valence-corrected chi connectivity index (χ1v) is 11.6. The van der Waals surface area contributed by atoms with E-state index in [-0.39, 0.29) is 25.0 Å². The van der Waals surface area contributed by atoms with Crippen molar-refractivity contribution < 1.29 is 33.3 Å². The Labute approximate surface area is 193 Å². The predicted octanol–water partition coefficient (Wildman–Crippen LogP) is 1.99. The van der Waals surface area contributed by atoms with Gasteiger partial charge in [-0.15, -0.1) is 0 Å². The molecule has 0 saturated heterocycles. The van der Waals surface area contributed by atoms with E-state index in [9.17, 15) is 14.4 Å². The van der Waals surface area contributed by atoms with Gasteiger partial charge in [-0.3, -0.25) is 14.5 Å². The van der Waals surface area contributed by atoms with E-state index in [1.165, 1.54) is 38.0 Å². The zero-order valence-corrected chi connectivity index (χ0v) is 20.4. The largest absolute Gasteiger partial charge is 0.379 e. The number of carbonyl (C=O) groups excluding carboxylic acids is 3. The topological polar surface area (TPSA) is 103 Å². The fourth-order valence-corrected chi connectivity index (χ4v) is 2.25. The minimum atomic E-state index is -0.304. The van der Waals surface area contributed by atoms with E-state index in [1.807, 2.05) is 20.9 Å². The minimum Gasteiger partial charge on any atom is -0.379 e. The molecule has 9 nitrogen and oxygen atoms in total. The average molecular weight is 461 g/mol. The van der Waals surface area contributed by atoms with Crippen molar-refractivity contribution in [2.75, 3.05) is 73.0 Å². The van der Waals surface area contributed by atoms with Gasteiger partial charge in [0.2, 0.25) is 0 Å². The number of amides is 2. The normalized spacial score (nSPS) is 12.3. The number of rotatable bonds is 19. The van der Waals surface area contributed by atoms with Gasteiger partial charge in [0.25, 0.3) is 11.8 Å². The van der Waals surface area contributed by atoms with Crippen molar-refractivity contribution >= 4 is 18.1 Å². The lowest BCUT2D eigenvalue weighted by Crippen LogP contribution is -2.33. The average Bonchev–Trinajstić information content (AvgIpc) is 3.13. The van der Waals surface area contributed by atoms with Crippen LogP contribution in [0.15, 0.2) is 12.2 Å². The summed E-state index contributed by atoms with van der Waals surface area (Å²) in [5, 5.41) is 3.10. The molecule has 188 valence electrons. The Bertz CT molecular complexity index is 451. The number of ether oxygens (including phenoxy) is 4. The van der Waals surface area contributed by atoms with E-state index in [1.54, 1.807) is 0 Å². The predicted molar refractivity (Wildman–Crippen MR) is 125 cm³/mol. The maximum atomic E-state index is 11.2. The van der Waals surface area contributed by atoms with Crippen LogP contribution < -0.4 is 5.32 Å². The molecule has 9 heteroatoms. The molecule has 1 rings (SSSR count). The molecule has 1 aliphatic rings. The number of nitrogens with zero attached hydrogens (tertiary/aromatic N) is 1. The highest BCUT2D eigenvalue weighted by atomic mass is 16.6. The van der Waals surface area contributed by atoms with Crippen LogP contribution in [-0.2, 0) is 33.3 Å². The molecule has 1 N–H and O–H groups in total. The summed E-state index contributed by atoms with van der Waals surface area (Å²) < 4.78 is 21.0. The third-order valence-corrected chi connectivity index (χ3v) is 3.89. The molecule has 0 saturated carbocycles. The summed E-state index contributed by atoms with van der Waals surface area (Å²) in [6.45, 7) is 11.0. The quantitative estimate of drug-likeness (QED) is 0.177. The van der Waals surface area contributed by atoms with Gasteiger partial charge in [-0.05, 0) is 20.0 Å². The SMILES string of the molecule is CC.CCCCCNC.O=CCCOCCOCCOCCOCCN1C(=O)C=CC1=O. The summed E-state index contributed by atoms with van der Waals surface area (Å²) in [4.78, 5) is 33.7. The van der Waals surface area contributed by atoms with E-state index in [0.717, 1.165) is 11.2 Å². The van der Waals surface area contributed by atoms with Crippen molar-refractivity contribution in [1.82, 2.24) is 10.2 Å². The van der Waals surface area contributed by atoms with Crippen LogP contribution in [0.2, 0.25) is 0 Å². The molecule has 0 aromatic heterocycles. The third kappa shape index (κ3) is 21.6. The zero-order chi connectivity index (χ0) is 24.3. The third-order valence-electron chi connectivity index (χ3n) is 3.89. The molecule has 1 heterocycles. The molecule has 0 aromatic carbocycles. The van der Waals surface area contributed by atoms with Crippen LogP contribution in [-0.4, -0.2) is 96.0 Å². The van der Waals surface area contributed by atoms with Gasteiger partial charge >= 0.3 is 0 Å². The van der Waals surface area contributed by atoms with Gasteiger partial charge in [0, 0.05) is 18.6 Å². The van der Waals surface area contributed by atoms with Crippen LogP contribution >= 0.6 is 0 Å². The number of hydrogen-bond acceptors (Lipinski definition) is 8. The first kappa shape index (κ1) is 32.5. The maximum absolute atomic E-state index is 11.2. The van der Waals surface area contributed by atoms with E-state index in [2.05, 4.69) is 12.2 Å². The lowest BCUT2D eigenvalue weighted by Gasteiger charge is -2.13. The molecule has 0 spiro atoms. The summed E-state index contributed by atoms with van der Waals surface area (Å²) in [7, 11) is 2.00. The highest BCUT2D eigenvalue weighted by molar-refractivity contribution is 6.12. The molecule has 1 aliphatic heterocycles. The highest BCUT2D eigenvalue weighted by Gasteiger charge is 2.22. The first-order valence-electron chi connectivity index (χ1n) is 11.6. The Morgan fingerprint density at radius 3 is 1.72 bits per heavy atom. The van der Waals surface area contributed by atoms with Gasteiger partial charge in [0.1, 0.15) is 6.29 Å². The number of carbonyl (C=O) groups is 3. The second-order valence-electron chi connectivity index (χ2n) is 6.38. The Hall–Kier alpha value is -1.65. The Morgan fingerprint density at radius 1 is 0.812 bits per heavy atom. The van der Waals surface area contributed by atoms with Crippen molar-refractivity contribution in [1.29, 1.82) is 0 Å². The monoisotopic (exact) mass is 460 g/mol. The molecule has 2 amide bonds. The number of hydrogen-bond donors (Lipinski definition) is 1. The fraction of sp³-hybridized carbons (Fsp3) is 0.783. The van der Waals surface area contributed by atoms with Gasteiger partial charge in [-0.1, -0.05) is 33.6 Å². The van der Waals surface area contributed by atoms with E-state index in [0.29, 0.717) is 52.7 Å². The molecule has 0 aromatic rings. The number of imide groups is 1. The Balaban J connectivity index is 0. The van der Waals surface area contributed by atoms with Crippen LogP contribution in [0.5, 0.6) is 0 Å². The van der Waals surface area contributed by atoms with Gasteiger partial charge < -0.3 is 29.1 Å². The molecule has 0 radical (unpaired) electrons. The standard InChI is InChI=1S/C15H23NO7.C6H15N.C2H6/c17-5-1-6-20-8-10-22-12-13-23-11-9-21-7-4-16-14(18)2-3-15(16)19;1-3-4-5-6-7-2;1-2/h2-3,5H,1,4,6-13H2;7H,3-6H2,1-2H3;1-2H3. The van der Waals surface area contributed by atoms with E-state index < -0.39 is 0 Å². The van der Waals surface area contributed by atoms with Crippen LogP contribution in [0, 0.1) is 0 Å². The first-order chi connectivity index (χ1) is 15.7. The molecule has 0 bridgehead atoms. The van der Waals surface area contributed by atoms with Gasteiger partial charge in [-0.2, -0.15) is 0 Å². The summed E-state index contributed by atoms with van der Waals surface area (Å²) in [6, 6.07) is 0. The minimum absolute atomic E-state index is 0.248. The summed E-state index contributed by atoms with van der Waals surface area (Å²) in [5.74, 6) is -0.607. The number of aldehydes is 1. The highest BCUT2D eigenvalue weighted by Crippen LogP contribution is 2.02. The Morgan fingerprint density at radius 2 is 1.28 bits per heavy atom.